The van der Waals surface area contributed by atoms with E-state index in [1.54, 1.807) is 0 Å². The highest BCUT2D eigenvalue weighted by molar-refractivity contribution is 7.09. The lowest BCUT2D eigenvalue weighted by molar-refractivity contribution is 0.185. The molecule has 0 spiro atoms. The van der Waals surface area contributed by atoms with Gasteiger partial charge in [-0.25, -0.2) is 9.78 Å². The molecule has 1 saturated heterocycles. The Labute approximate surface area is 181 Å². The number of aryl methyl sites for hydroxylation is 2. The highest BCUT2D eigenvalue weighted by Crippen LogP contribution is 2.23. The van der Waals surface area contributed by atoms with Crippen molar-refractivity contribution in [3.05, 3.63) is 71.0 Å². The Hall–Kier alpha value is -2.93. The molecule has 2 heterocycles. The maximum Gasteiger partial charge on any atom is 0.322 e. The summed E-state index contributed by atoms with van der Waals surface area (Å²) in [6.07, 6.45) is 0.741. The second kappa shape index (κ2) is 8.83. The summed E-state index contributed by atoms with van der Waals surface area (Å²) >= 11 is 1.44. The molecule has 1 N–H and O–H groups in total. The molecule has 0 bridgehead atoms. The predicted molar refractivity (Wildman–Crippen MR) is 122 cm³/mol. The van der Waals surface area contributed by atoms with E-state index in [4.69, 9.17) is 4.98 Å². The van der Waals surface area contributed by atoms with Crippen molar-refractivity contribution < 1.29 is 4.79 Å². The van der Waals surface area contributed by atoms with Crippen LogP contribution in [0.5, 0.6) is 0 Å². The lowest BCUT2D eigenvalue weighted by Gasteiger charge is -2.39. The van der Waals surface area contributed by atoms with Gasteiger partial charge in [0.15, 0.2) is 0 Å². The normalized spacial score (nSPS) is 16.6. The molecule has 0 radical (unpaired) electrons. The van der Waals surface area contributed by atoms with E-state index in [-0.39, 0.29) is 12.1 Å². The Morgan fingerprint density at radius 3 is 2.67 bits per heavy atom. The number of anilines is 2. The molecule has 2 amide bonds. The van der Waals surface area contributed by atoms with Crippen LogP contribution in [0.15, 0.2) is 48.5 Å². The second-order valence-electron chi connectivity index (χ2n) is 7.94. The van der Waals surface area contributed by atoms with Crippen molar-refractivity contribution in [2.24, 2.45) is 0 Å². The smallest absolute Gasteiger partial charge is 0.322 e. The number of carbonyl (C=O) groups excluding carboxylic acids is 1. The number of piperazine rings is 1. The lowest BCUT2D eigenvalue weighted by atomic mass is 10.1. The van der Waals surface area contributed by atoms with Crippen LogP contribution in [-0.4, -0.2) is 46.0 Å². The van der Waals surface area contributed by atoms with Crippen LogP contribution in [0.2, 0.25) is 0 Å². The Kier molecular flexibility index (Phi) is 5.99. The van der Waals surface area contributed by atoms with Crippen LogP contribution in [0.25, 0.3) is 0 Å². The number of aromatic nitrogens is 2. The molecule has 6 nitrogen and oxygen atoms in total. The zero-order valence-electron chi connectivity index (χ0n) is 17.6. The van der Waals surface area contributed by atoms with Crippen LogP contribution in [0.3, 0.4) is 0 Å². The van der Waals surface area contributed by atoms with Gasteiger partial charge in [-0.1, -0.05) is 42.0 Å². The minimum Gasteiger partial charge on any atom is -0.343 e. The Morgan fingerprint density at radius 2 is 1.93 bits per heavy atom. The molecule has 3 aromatic rings. The van der Waals surface area contributed by atoms with E-state index in [1.165, 1.54) is 22.7 Å². The fourth-order valence-electron chi connectivity index (χ4n) is 3.68. The molecule has 30 heavy (non-hydrogen) atoms. The van der Waals surface area contributed by atoms with Crippen molar-refractivity contribution in [2.45, 2.75) is 33.2 Å². The highest BCUT2D eigenvalue weighted by Gasteiger charge is 2.29. The summed E-state index contributed by atoms with van der Waals surface area (Å²) in [5, 5.41) is 3.95. The van der Waals surface area contributed by atoms with E-state index >= 15 is 0 Å². The van der Waals surface area contributed by atoms with Gasteiger partial charge in [0, 0.05) is 49.3 Å². The van der Waals surface area contributed by atoms with E-state index in [1.807, 2.05) is 36.1 Å². The first-order chi connectivity index (χ1) is 14.5. The Balaban J connectivity index is 1.35. The molecule has 1 aliphatic heterocycles. The van der Waals surface area contributed by atoms with Crippen LogP contribution in [-0.2, 0) is 6.42 Å². The highest BCUT2D eigenvalue weighted by atomic mass is 32.1. The summed E-state index contributed by atoms with van der Waals surface area (Å²) < 4.78 is 4.55. The average molecular weight is 422 g/mol. The number of hydrogen-bond donors (Lipinski definition) is 1. The van der Waals surface area contributed by atoms with Crippen molar-refractivity contribution in [3.63, 3.8) is 0 Å². The number of carbonyl (C=O) groups is 1. The summed E-state index contributed by atoms with van der Waals surface area (Å²) in [6, 6.07) is 16.4. The maximum absolute atomic E-state index is 12.7. The lowest BCUT2D eigenvalue weighted by Crippen LogP contribution is -2.55. The molecule has 156 valence electrons. The van der Waals surface area contributed by atoms with Gasteiger partial charge in [-0.3, -0.25) is 0 Å². The molecular weight excluding hydrogens is 394 g/mol. The number of rotatable bonds is 4. The van der Waals surface area contributed by atoms with E-state index in [9.17, 15) is 4.79 Å². The Morgan fingerprint density at radius 1 is 1.13 bits per heavy atom. The fourth-order valence-corrected chi connectivity index (χ4v) is 4.40. The van der Waals surface area contributed by atoms with E-state index in [2.05, 4.69) is 52.7 Å². The SMILES string of the molecule is Cc1ccc(Cc2nsc(N3CCN(C(=O)Nc4cccc(C)c4)[C@@H](C)C3)n2)cc1. The molecule has 1 fully saturated rings. The van der Waals surface area contributed by atoms with Crippen LogP contribution in [0, 0.1) is 13.8 Å². The molecule has 0 aliphatic carbocycles. The molecule has 1 atom stereocenters. The van der Waals surface area contributed by atoms with E-state index in [0.717, 1.165) is 41.7 Å². The van der Waals surface area contributed by atoms with Gasteiger partial charge in [0.1, 0.15) is 5.82 Å². The van der Waals surface area contributed by atoms with Gasteiger partial charge in [-0.05, 0) is 44.0 Å². The molecule has 2 aromatic carbocycles. The minimum atomic E-state index is -0.0509. The maximum atomic E-state index is 12.7. The zero-order chi connectivity index (χ0) is 21.1. The van der Waals surface area contributed by atoms with Gasteiger partial charge in [-0.2, -0.15) is 4.37 Å². The summed E-state index contributed by atoms with van der Waals surface area (Å²) in [5.74, 6) is 0.853. The van der Waals surface area contributed by atoms with Crippen molar-refractivity contribution >= 4 is 28.4 Å². The first-order valence-corrected chi connectivity index (χ1v) is 11.0. The number of urea groups is 1. The first kappa shape index (κ1) is 20.3. The van der Waals surface area contributed by atoms with Crippen LogP contribution >= 0.6 is 11.5 Å². The largest absolute Gasteiger partial charge is 0.343 e. The summed E-state index contributed by atoms with van der Waals surface area (Å²) in [4.78, 5) is 21.6. The van der Waals surface area contributed by atoms with E-state index in [0.29, 0.717) is 6.54 Å². The van der Waals surface area contributed by atoms with Gasteiger partial charge in [-0.15, -0.1) is 0 Å². The number of hydrogen-bond acceptors (Lipinski definition) is 5. The van der Waals surface area contributed by atoms with Crippen LogP contribution < -0.4 is 10.2 Å². The third kappa shape index (κ3) is 4.79. The predicted octanol–water partition coefficient (Wildman–Crippen LogP) is 4.49. The van der Waals surface area contributed by atoms with Gasteiger partial charge < -0.3 is 15.1 Å². The molecule has 1 aliphatic rings. The summed E-state index contributed by atoms with van der Waals surface area (Å²) in [5.41, 5.74) is 4.43. The van der Waals surface area contributed by atoms with Crippen molar-refractivity contribution in [2.75, 3.05) is 29.9 Å². The van der Waals surface area contributed by atoms with Crippen molar-refractivity contribution in [1.29, 1.82) is 0 Å². The number of nitrogens with one attached hydrogen (secondary N) is 1. The number of benzene rings is 2. The number of nitrogens with zero attached hydrogens (tertiary/aromatic N) is 4. The minimum absolute atomic E-state index is 0.0509. The van der Waals surface area contributed by atoms with Crippen LogP contribution in [0.4, 0.5) is 15.6 Å². The standard InChI is InChI=1S/C23H27N5OS/c1-16-7-9-19(10-8-16)14-21-25-23(30-26-21)27-11-12-28(18(3)15-27)22(29)24-20-6-4-5-17(2)13-20/h4-10,13,18H,11-12,14-15H2,1-3H3,(H,24,29)/t18-/m0/s1. The third-order valence-electron chi connectivity index (χ3n) is 5.37. The molecule has 4 rings (SSSR count). The summed E-state index contributed by atoms with van der Waals surface area (Å²) in [6.45, 7) is 8.35. The molecule has 7 heteroatoms. The van der Waals surface area contributed by atoms with E-state index < -0.39 is 0 Å². The van der Waals surface area contributed by atoms with Crippen molar-refractivity contribution in [3.8, 4) is 0 Å². The quantitative estimate of drug-likeness (QED) is 0.674. The fraction of sp³-hybridized carbons (Fsp3) is 0.348. The molecule has 1 aromatic heterocycles. The van der Waals surface area contributed by atoms with Crippen molar-refractivity contribution in [1.82, 2.24) is 14.3 Å². The van der Waals surface area contributed by atoms with Crippen LogP contribution in [0.1, 0.15) is 29.4 Å². The third-order valence-corrected chi connectivity index (χ3v) is 6.18. The number of amides is 2. The first-order valence-electron chi connectivity index (χ1n) is 10.3. The average Bonchev–Trinajstić information content (AvgIpc) is 3.18. The monoisotopic (exact) mass is 421 g/mol. The van der Waals surface area contributed by atoms with Gasteiger partial charge in [0.05, 0.1) is 0 Å². The van der Waals surface area contributed by atoms with Gasteiger partial charge in [0.2, 0.25) is 5.13 Å². The molecule has 0 unspecified atom stereocenters. The summed E-state index contributed by atoms with van der Waals surface area (Å²) in [7, 11) is 0. The molecular formula is C23H27N5OS. The zero-order valence-corrected chi connectivity index (χ0v) is 18.4. The Bertz CT molecular complexity index is 1020. The molecule has 0 saturated carbocycles. The van der Waals surface area contributed by atoms with Gasteiger partial charge in [0.25, 0.3) is 0 Å². The second-order valence-corrected chi connectivity index (χ2v) is 8.67. The topological polar surface area (TPSA) is 61.4 Å². The van der Waals surface area contributed by atoms with Gasteiger partial charge >= 0.3 is 6.03 Å².